The van der Waals surface area contributed by atoms with Crippen LogP contribution in [0.3, 0.4) is 0 Å². The van der Waals surface area contributed by atoms with Crippen molar-refractivity contribution in [3.05, 3.63) is 0 Å². The van der Waals surface area contributed by atoms with Crippen molar-refractivity contribution in [2.75, 3.05) is 0 Å². The van der Waals surface area contributed by atoms with E-state index in [2.05, 4.69) is 6.92 Å². The molecule has 0 bridgehead atoms. The maximum Gasteiger partial charge on any atom is 0.0597 e. The van der Waals surface area contributed by atoms with Crippen LogP contribution < -0.4 is 0 Å². The standard InChI is InChI=1S/C11H22O.H2/c1-4-11(7-5-6-8-11)9-10(2,3)12;/h12H,4-9H2,1-3H3;1H. The fourth-order valence-corrected chi connectivity index (χ4v) is 2.70. The van der Waals surface area contributed by atoms with E-state index in [4.69, 9.17) is 0 Å². The zero-order valence-electron chi connectivity index (χ0n) is 8.69. The zero-order chi connectivity index (χ0) is 9.24. The van der Waals surface area contributed by atoms with E-state index in [1.807, 2.05) is 13.8 Å². The van der Waals surface area contributed by atoms with Crippen LogP contribution in [0.5, 0.6) is 0 Å². The van der Waals surface area contributed by atoms with Crippen molar-refractivity contribution in [2.45, 2.75) is 64.9 Å². The van der Waals surface area contributed by atoms with Gasteiger partial charge in [0.2, 0.25) is 0 Å². The van der Waals surface area contributed by atoms with E-state index in [0.29, 0.717) is 5.41 Å². The summed E-state index contributed by atoms with van der Waals surface area (Å²) in [7, 11) is 0. The van der Waals surface area contributed by atoms with Gasteiger partial charge in [-0.05, 0) is 38.5 Å². The fourth-order valence-electron chi connectivity index (χ4n) is 2.70. The highest BCUT2D eigenvalue weighted by Crippen LogP contribution is 2.46. The molecule has 0 amide bonds. The molecule has 1 saturated carbocycles. The molecule has 1 heteroatoms. The molecule has 0 aromatic heterocycles. The highest BCUT2D eigenvalue weighted by atomic mass is 16.3. The quantitative estimate of drug-likeness (QED) is 0.692. The summed E-state index contributed by atoms with van der Waals surface area (Å²) in [5, 5.41) is 9.77. The lowest BCUT2D eigenvalue weighted by Gasteiger charge is -2.33. The minimum Gasteiger partial charge on any atom is -0.390 e. The molecule has 0 spiro atoms. The van der Waals surface area contributed by atoms with E-state index >= 15 is 0 Å². The molecular formula is C11H24O. The van der Waals surface area contributed by atoms with Gasteiger partial charge < -0.3 is 5.11 Å². The fraction of sp³-hybridized carbons (Fsp3) is 1.00. The van der Waals surface area contributed by atoms with Crippen LogP contribution in [0.15, 0.2) is 0 Å². The van der Waals surface area contributed by atoms with Crippen molar-refractivity contribution in [3.8, 4) is 0 Å². The van der Waals surface area contributed by atoms with Gasteiger partial charge in [0.1, 0.15) is 0 Å². The van der Waals surface area contributed by atoms with Gasteiger partial charge in [-0.25, -0.2) is 0 Å². The van der Waals surface area contributed by atoms with Crippen LogP contribution in [-0.2, 0) is 0 Å². The Morgan fingerprint density at radius 3 is 2.17 bits per heavy atom. The maximum atomic E-state index is 9.77. The lowest BCUT2D eigenvalue weighted by atomic mass is 9.75. The first-order chi connectivity index (χ1) is 5.47. The van der Waals surface area contributed by atoms with Gasteiger partial charge >= 0.3 is 0 Å². The lowest BCUT2D eigenvalue weighted by Crippen LogP contribution is -2.29. The minimum atomic E-state index is -0.472. The summed E-state index contributed by atoms with van der Waals surface area (Å²) in [4.78, 5) is 0. The maximum absolute atomic E-state index is 9.77. The summed E-state index contributed by atoms with van der Waals surface area (Å²) >= 11 is 0. The Kier molecular flexibility index (Phi) is 2.82. The average molecular weight is 172 g/mol. The van der Waals surface area contributed by atoms with Gasteiger partial charge in [-0.1, -0.05) is 26.2 Å². The number of hydrogen-bond donors (Lipinski definition) is 1. The second-order valence-corrected chi connectivity index (χ2v) is 5.05. The summed E-state index contributed by atoms with van der Waals surface area (Å²) in [6, 6.07) is 0. The topological polar surface area (TPSA) is 20.2 Å². The second kappa shape index (κ2) is 3.37. The van der Waals surface area contributed by atoms with Gasteiger partial charge in [0.25, 0.3) is 0 Å². The van der Waals surface area contributed by atoms with Crippen LogP contribution in [0.2, 0.25) is 0 Å². The highest BCUT2D eigenvalue weighted by molar-refractivity contribution is 4.88. The Labute approximate surface area is 77.7 Å². The Bertz CT molecular complexity index is 143. The molecule has 0 heterocycles. The van der Waals surface area contributed by atoms with E-state index in [9.17, 15) is 5.11 Å². The molecule has 0 aromatic rings. The molecule has 0 unspecified atom stereocenters. The third kappa shape index (κ3) is 2.48. The SMILES string of the molecule is CCC1(CC(C)(C)O)CCCC1.[HH]. The number of aliphatic hydroxyl groups is 1. The Morgan fingerprint density at radius 2 is 1.83 bits per heavy atom. The van der Waals surface area contributed by atoms with Crippen molar-refractivity contribution >= 4 is 0 Å². The first-order valence-corrected chi connectivity index (χ1v) is 5.20. The van der Waals surface area contributed by atoms with Crippen molar-refractivity contribution in [3.63, 3.8) is 0 Å². The molecule has 0 saturated heterocycles. The van der Waals surface area contributed by atoms with Crippen LogP contribution in [0.1, 0.15) is 60.7 Å². The Morgan fingerprint density at radius 1 is 1.33 bits per heavy atom. The van der Waals surface area contributed by atoms with Crippen LogP contribution in [-0.4, -0.2) is 10.7 Å². The normalized spacial score (nSPS) is 23.0. The molecule has 0 aliphatic heterocycles. The summed E-state index contributed by atoms with van der Waals surface area (Å²) < 4.78 is 0. The van der Waals surface area contributed by atoms with Gasteiger partial charge in [-0.3, -0.25) is 0 Å². The zero-order valence-corrected chi connectivity index (χ0v) is 8.69. The second-order valence-electron chi connectivity index (χ2n) is 5.05. The Hall–Kier alpha value is -0.0400. The summed E-state index contributed by atoms with van der Waals surface area (Å²) in [6.45, 7) is 6.13. The third-order valence-corrected chi connectivity index (χ3v) is 3.22. The molecule has 1 aliphatic rings. The van der Waals surface area contributed by atoms with E-state index < -0.39 is 5.60 Å². The molecule has 1 rings (SSSR count). The van der Waals surface area contributed by atoms with Gasteiger partial charge in [-0.15, -0.1) is 0 Å². The van der Waals surface area contributed by atoms with Crippen molar-refractivity contribution < 1.29 is 6.53 Å². The van der Waals surface area contributed by atoms with Crippen LogP contribution in [0.4, 0.5) is 0 Å². The van der Waals surface area contributed by atoms with E-state index in [1.54, 1.807) is 0 Å². The number of rotatable bonds is 3. The van der Waals surface area contributed by atoms with Gasteiger partial charge in [0.05, 0.1) is 5.60 Å². The van der Waals surface area contributed by atoms with Crippen molar-refractivity contribution in [1.82, 2.24) is 0 Å². The molecule has 1 aliphatic carbocycles. The van der Waals surface area contributed by atoms with Crippen molar-refractivity contribution in [2.24, 2.45) is 5.41 Å². The van der Waals surface area contributed by atoms with E-state index in [-0.39, 0.29) is 1.43 Å². The Balaban J connectivity index is 0.00000144. The molecule has 1 fully saturated rings. The molecule has 1 N–H and O–H groups in total. The van der Waals surface area contributed by atoms with Crippen LogP contribution in [0, 0.1) is 5.41 Å². The predicted molar refractivity (Wildman–Crippen MR) is 54.2 cm³/mol. The molecule has 1 nitrogen and oxygen atoms in total. The van der Waals surface area contributed by atoms with E-state index in [1.165, 1.54) is 32.1 Å². The minimum absolute atomic E-state index is 0. The summed E-state index contributed by atoms with van der Waals surface area (Å²) in [5.74, 6) is 0. The molecule has 0 aromatic carbocycles. The lowest BCUT2D eigenvalue weighted by molar-refractivity contribution is 0.0207. The first-order valence-electron chi connectivity index (χ1n) is 5.20. The van der Waals surface area contributed by atoms with Crippen LogP contribution >= 0.6 is 0 Å². The van der Waals surface area contributed by atoms with E-state index in [0.717, 1.165) is 6.42 Å². The van der Waals surface area contributed by atoms with Crippen molar-refractivity contribution in [1.29, 1.82) is 0 Å². The summed E-state index contributed by atoms with van der Waals surface area (Å²) in [6.07, 6.45) is 7.60. The smallest absolute Gasteiger partial charge is 0.0597 e. The third-order valence-electron chi connectivity index (χ3n) is 3.22. The molecule has 0 atom stereocenters. The predicted octanol–water partition coefficient (Wildman–Crippen LogP) is 3.36. The van der Waals surface area contributed by atoms with Gasteiger partial charge in [0, 0.05) is 1.43 Å². The van der Waals surface area contributed by atoms with Crippen LogP contribution in [0.25, 0.3) is 0 Å². The highest BCUT2D eigenvalue weighted by Gasteiger charge is 2.36. The molecule has 12 heavy (non-hydrogen) atoms. The number of hydrogen-bond acceptors (Lipinski definition) is 1. The van der Waals surface area contributed by atoms with Gasteiger partial charge in [-0.2, -0.15) is 0 Å². The molecular weight excluding hydrogens is 148 g/mol. The van der Waals surface area contributed by atoms with Gasteiger partial charge in [0.15, 0.2) is 0 Å². The molecule has 74 valence electrons. The average Bonchev–Trinajstić information content (AvgIpc) is 2.34. The molecule has 0 radical (unpaired) electrons. The monoisotopic (exact) mass is 172 g/mol. The largest absolute Gasteiger partial charge is 0.390 e. The summed E-state index contributed by atoms with van der Waals surface area (Å²) in [5.41, 5.74) is -0.00139. The first kappa shape index (κ1) is 10.0.